The van der Waals surface area contributed by atoms with Gasteiger partial charge in [-0.25, -0.2) is 0 Å². The lowest BCUT2D eigenvalue weighted by Crippen LogP contribution is -2.30. The van der Waals surface area contributed by atoms with Crippen LogP contribution in [0.25, 0.3) is 0 Å². The quantitative estimate of drug-likeness (QED) is 0.0261. The molecule has 0 amide bonds. The van der Waals surface area contributed by atoms with E-state index in [9.17, 15) is 14.4 Å². The Bertz CT molecular complexity index is 1680. The monoisotopic (exact) mass is 1050 g/mol. The lowest BCUT2D eigenvalue weighted by molar-refractivity contribution is -0.167. The molecular weight excluding hydrogens is 937 g/mol. The highest BCUT2D eigenvalue weighted by Crippen LogP contribution is 2.14. The third kappa shape index (κ3) is 60.2. The maximum atomic E-state index is 12.8. The van der Waals surface area contributed by atoms with E-state index in [1.807, 2.05) is 0 Å². The van der Waals surface area contributed by atoms with Crippen molar-refractivity contribution in [1.29, 1.82) is 0 Å². The van der Waals surface area contributed by atoms with Gasteiger partial charge in [0.1, 0.15) is 13.2 Å². The predicted molar refractivity (Wildman–Crippen MR) is 329 cm³/mol. The van der Waals surface area contributed by atoms with Crippen LogP contribution in [0.1, 0.15) is 258 Å². The Morgan fingerprint density at radius 1 is 0.276 bits per heavy atom. The van der Waals surface area contributed by atoms with Crippen LogP contribution in [-0.4, -0.2) is 37.2 Å². The lowest BCUT2D eigenvalue weighted by Gasteiger charge is -2.18. The second-order valence-corrected chi connectivity index (χ2v) is 19.9. The number of carbonyl (C=O) groups excluding carboxylic acids is 3. The standard InChI is InChI=1S/C70H112O6/c1-4-7-10-13-16-18-20-22-24-26-28-30-31-32-33-34-35-36-37-38-39-41-42-44-46-48-50-52-54-57-60-63-69(72)75-66-67(65-74-68(71)62-59-56-15-12-9-6-3)76-70(73)64-61-58-55-53-51-49-47-45-43-40-29-27-25-23-21-19-17-14-11-8-5-2/h7-8,10-11,16-19,22-25,28-30,32-33,35-36,38-40,45,47,67H,4-6,9,12-15,20-21,26-27,31,34,37,41-44,46,48-66H2,1-3H3/b10-7-,11-8-,18-16-,19-17-,24-22-,25-23-,30-28-,33-32-,36-35-,39-38-,40-29-,47-45-. The van der Waals surface area contributed by atoms with Crippen LogP contribution in [0.3, 0.4) is 0 Å². The summed E-state index contributed by atoms with van der Waals surface area (Å²) in [6, 6.07) is 0. The van der Waals surface area contributed by atoms with Crippen LogP contribution < -0.4 is 0 Å². The van der Waals surface area contributed by atoms with Gasteiger partial charge in [0.15, 0.2) is 6.10 Å². The van der Waals surface area contributed by atoms with Crippen LogP contribution in [0.2, 0.25) is 0 Å². The summed E-state index contributed by atoms with van der Waals surface area (Å²) < 4.78 is 16.8. The molecule has 0 aliphatic rings. The molecule has 0 saturated carbocycles. The van der Waals surface area contributed by atoms with E-state index >= 15 is 0 Å². The topological polar surface area (TPSA) is 78.9 Å². The molecule has 428 valence electrons. The molecule has 1 unspecified atom stereocenters. The highest BCUT2D eigenvalue weighted by atomic mass is 16.6. The zero-order valence-electron chi connectivity index (χ0n) is 49.0. The molecule has 0 rings (SSSR count). The first-order valence-electron chi connectivity index (χ1n) is 30.8. The number of allylic oxidation sites excluding steroid dienone is 24. The van der Waals surface area contributed by atoms with Gasteiger partial charge in [0.2, 0.25) is 0 Å². The molecule has 1 atom stereocenters. The minimum Gasteiger partial charge on any atom is -0.462 e. The van der Waals surface area contributed by atoms with Crippen molar-refractivity contribution in [3.8, 4) is 0 Å². The number of hydrogen-bond donors (Lipinski definition) is 0. The summed E-state index contributed by atoms with van der Waals surface area (Å²) in [7, 11) is 0. The minimum absolute atomic E-state index is 0.0920. The molecule has 0 fully saturated rings. The first-order chi connectivity index (χ1) is 37.5. The van der Waals surface area contributed by atoms with Gasteiger partial charge in [0.25, 0.3) is 0 Å². The van der Waals surface area contributed by atoms with Crippen LogP contribution >= 0.6 is 0 Å². The Kier molecular flexibility index (Phi) is 58.9. The average molecular weight is 1050 g/mol. The Morgan fingerprint density at radius 3 is 0.803 bits per heavy atom. The summed E-state index contributed by atoms with van der Waals surface area (Å²) in [5.74, 6) is -0.931. The molecule has 0 radical (unpaired) electrons. The SMILES string of the molecule is CC/C=C\C/C=C\C/C=C\C/C=C\C/C=C\C/C=C\C/C=C\CCCCCCCCCCCC(=O)OCC(COC(=O)CCCCCCCC)OC(=O)CCCCCCC/C=C\C/C=C\C/C=C\C/C=C\C/C=C\CC. The second kappa shape index (κ2) is 62.8. The fourth-order valence-electron chi connectivity index (χ4n) is 8.04. The molecular formula is C70H112O6. The molecule has 6 heteroatoms. The van der Waals surface area contributed by atoms with E-state index < -0.39 is 6.10 Å². The smallest absolute Gasteiger partial charge is 0.306 e. The molecule has 0 heterocycles. The molecule has 0 aromatic heterocycles. The number of ether oxygens (including phenoxy) is 3. The van der Waals surface area contributed by atoms with Crippen LogP contribution in [0, 0.1) is 0 Å². The molecule has 6 nitrogen and oxygen atoms in total. The van der Waals surface area contributed by atoms with Gasteiger partial charge in [-0.2, -0.15) is 0 Å². The van der Waals surface area contributed by atoms with Crippen LogP contribution in [0.5, 0.6) is 0 Å². The third-order valence-corrected chi connectivity index (χ3v) is 12.6. The number of carbonyl (C=O) groups is 3. The van der Waals surface area contributed by atoms with E-state index in [1.54, 1.807) is 0 Å². The predicted octanol–water partition coefficient (Wildman–Crippen LogP) is 21.2. The molecule has 0 aliphatic heterocycles. The van der Waals surface area contributed by atoms with Gasteiger partial charge in [-0.15, -0.1) is 0 Å². The van der Waals surface area contributed by atoms with Crippen LogP contribution in [0.15, 0.2) is 146 Å². The number of unbranched alkanes of at least 4 members (excludes halogenated alkanes) is 19. The number of hydrogen-bond acceptors (Lipinski definition) is 6. The molecule has 0 N–H and O–H groups in total. The average Bonchev–Trinajstić information content (AvgIpc) is 3.42. The second-order valence-electron chi connectivity index (χ2n) is 19.9. The first-order valence-corrected chi connectivity index (χ1v) is 30.8. The zero-order chi connectivity index (χ0) is 55.0. The van der Waals surface area contributed by atoms with Crippen molar-refractivity contribution < 1.29 is 28.6 Å². The Hall–Kier alpha value is -4.71. The maximum absolute atomic E-state index is 12.8. The summed E-state index contributed by atoms with van der Waals surface area (Å²) in [4.78, 5) is 38.0. The van der Waals surface area contributed by atoms with Crippen molar-refractivity contribution in [2.24, 2.45) is 0 Å². The molecule has 0 aromatic carbocycles. The normalized spacial score (nSPS) is 13.1. The molecule has 0 bridgehead atoms. The lowest BCUT2D eigenvalue weighted by atomic mass is 10.1. The van der Waals surface area contributed by atoms with E-state index in [0.29, 0.717) is 19.3 Å². The zero-order valence-corrected chi connectivity index (χ0v) is 49.0. The highest BCUT2D eigenvalue weighted by Gasteiger charge is 2.19. The van der Waals surface area contributed by atoms with Crippen molar-refractivity contribution >= 4 is 17.9 Å². The first kappa shape index (κ1) is 71.3. The number of esters is 3. The van der Waals surface area contributed by atoms with E-state index in [0.717, 1.165) is 161 Å². The Labute approximate surface area is 467 Å². The van der Waals surface area contributed by atoms with Crippen molar-refractivity contribution in [1.82, 2.24) is 0 Å². The van der Waals surface area contributed by atoms with Crippen molar-refractivity contribution in [2.75, 3.05) is 13.2 Å². The van der Waals surface area contributed by atoms with Crippen molar-refractivity contribution in [3.63, 3.8) is 0 Å². The minimum atomic E-state index is -0.794. The fourth-order valence-corrected chi connectivity index (χ4v) is 8.04. The highest BCUT2D eigenvalue weighted by molar-refractivity contribution is 5.71. The van der Waals surface area contributed by atoms with Gasteiger partial charge in [-0.1, -0.05) is 263 Å². The summed E-state index contributed by atoms with van der Waals surface area (Å²) in [6.07, 6.45) is 90.2. The van der Waals surface area contributed by atoms with E-state index in [-0.39, 0.29) is 31.1 Å². The Balaban J connectivity index is 4.17. The maximum Gasteiger partial charge on any atom is 0.306 e. The van der Waals surface area contributed by atoms with Gasteiger partial charge in [0.05, 0.1) is 0 Å². The molecule has 76 heavy (non-hydrogen) atoms. The fraction of sp³-hybridized carbons (Fsp3) is 0.614. The van der Waals surface area contributed by atoms with Gasteiger partial charge >= 0.3 is 17.9 Å². The van der Waals surface area contributed by atoms with Crippen LogP contribution in [0.4, 0.5) is 0 Å². The van der Waals surface area contributed by atoms with E-state index in [1.165, 1.54) is 57.8 Å². The Morgan fingerprint density at radius 2 is 0.513 bits per heavy atom. The summed E-state index contributed by atoms with van der Waals surface area (Å²) in [5.41, 5.74) is 0. The van der Waals surface area contributed by atoms with E-state index in [4.69, 9.17) is 14.2 Å². The third-order valence-electron chi connectivity index (χ3n) is 12.6. The number of rotatable bonds is 54. The van der Waals surface area contributed by atoms with Gasteiger partial charge in [-0.05, 0) is 122 Å². The van der Waals surface area contributed by atoms with E-state index in [2.05, 4.69) is 167 Å². The summed E-state index contributed by atoms with van der Waals surface area (Å²) in [6.45, 7) is 6.32. The molecule has 0 spiro atoms. The molecule has 0 aromatic rings. The van der Waals surface area contributed by atoms with Gasteiger partial charge < -0.3 is 14.2 Å². The molecule has 0 saturated heterocycles. The van der Waals surface area contributed by atoms with Gasteiger partial charge in [0, 0.05) is 19.3 Å². The summed E-state index contributed by atoms with van der Waals surface area (Å²) >= 11 is 0. The van der Waals surface area contributed by atoms with Crippen molar-refractivity contribution in [3.05, 3.63) is 146 Å². The summed E-state index contributed by atoms with van der Waals surface area (Å²) in [5, 5.41) is 0. The largest absolute Gasteiger partial charge is 0.462 e. The molecule has 0 aliphatic carbocycles. The van der Waals surface area contributed by atoms with Crippen LogP contribution in [-0.2, 0) is 28.6 Å². The van der Waals surface area contributed by atoms with Gasteiger partial charge in [-0.3, -0.25) is 14.4 Å². The van der Waals surface area contributed by atoms with Crippen molar-refractivity contribution in [2.45, 2.75) is 264 Å².